The Labute approximate surface area is 158 Å². The molecular formula is C17H18F3N5OS. The Balaban J connectivity index is 1.29. The smallest absolute Gasteiger partial charge is 0.324 e. The van der Waals surface area contributed by atoms with E-state index < -0.39 is 17.2 Å². The van der Waals surface area contributed by atoms with Gasteiger partial charge in [0.2, 0.25) is 10.1 Å². The van der Waals surface area contributed by atoms with E-state index in [0.717, 1.165) is 19.6 Å². The Morgan fingerprint density at radius 2 is 1.78 bits per heavy atom. The van der Waals surface area contributed by atoms with Crippen LogP contribution in [0, 0.1) is 11.8 Å². The summed E-state index contributed by atoms with van der Waals surface area (Å²) in [6.45, 7) is 3.94. The molecule has 2 atom stereocenters. The molecule has 2 saturated heterocycles. The maximum atomic E-state index is 12.6. The van der Waals surface area contributed by atoms with Gasteiger partial charge >= 0.3 is 12.2 Å². The van der Waals surface area contributed by atoms with Gasteiger partial charge in [0.05, 0.1) is 0 Å². The van der Waals surface area contributed by atoms with Crippen LogP contribution >= 0.6 is 11.3 Å². The normalized spacial score (nSPS) is 22.9. The molecule has 0 spiro atoms. The van der Waals surface area contributed by atoms with Crippen molar-refractivity contribution in [3.05, 3.63) is 40.9 Å². The number of fused-ring (bicyclic) bond motifs is 1. The molecule has 0 unspecified atom stereocenters. The number of urea groups is 1. The van der Waals surface area contributed by atoms with Gasteiger partial charge in [-0.3, -0.25) is 10.2 Å². The largest absolute Gasteiger partial charge is 0.445 e. The SMILES string of the molecule is O=C(Nc1nnc(C(F)(F)F)s1)N1C[C@H]2CN(Cc3ccccc3)C[C@H]2C1. The van der Waals surface area contributed by atoms with Crippen LogP contribution in [0.5, 0.6) is 0 Å². The number of aromatic nitrogens is 2. The summed E-state index contributed by atoms with van der Waals surface area (Å²) in [5.41, 5.74) is 1.27. The van der Waals surface area contributed by atoms with Crippen molar-refractivity contribution in [2.45, 2.75) is 12.7 Å². The number of carbonyl (C=O) groups excluding carboxylic acids is 1. The van der Waals surface area contributed by atoms with Crippen LogP contribution in [0.1, 0.15) is 10.6 Å². The van der Waals surface area contributed by atoms with E-state index in [0.29, 0.717) is 36.3 Å². The number of alkyl halides is 3. The molecule has 1 N–H and O–H groups in total. The van der Waals surface area contributed by atoms with Crippen LogP contribution in [0.25, 0.3) is 0 Å². The zero-order chi connectivity index (χ0) is 19.0. The van der Waals surface area contributed by atoms with Gasteiger partial charge in [-0.2, -0.15) is 13.2 Å². The maximum absolute atomic E-state index is 12.6. The molecule has 2 aromatic rings. The molecule has 0 saturated carbocycles. The summed E-state index contributed by atoms with van der Waals surface area (Å²) in [4.78, 5) is 16.4. The van der Waals surface area contributed by atoms with Crippen LogP contribution in [0.2, 0.25) is 0 Å². The number of halogens is 3. The molecular weight excluding hydrogens is 379 g/mol. The van der Waals surface area contributed by atoms with Crippen LogP contribution in [0.15, 0.2) is 30.3 Å². The summed E-state index contributed by atoms with van der Waals surface area (Å²) < 4.78 is 37.7. The molecule has 1 aromatic carbocycles. The van der Waals surface area contributed by atoms with Crippen molar-refractivity contribution < 1.29 is 18.0 Å². The Kier molecular flexibility index (Phi) is 4.77. The van der Waals surface area contributed by atoms with E-state index in [4.69, 9.17) is 0 Å². The molecule has 2 amide bonds. The highest BCUT2D eigenvalue weighted by Gasteiger charge is 2.42. The Morgan fingerprint density at radius 3 is 2.37 bits per heavy atom. The first-order chi connectivity index (χ1) is 12.9. The lowest BCUT2D eigenvalue weighted by Crippen LogP contribution is -2.36. The Morgan fingerprint density at radius 1 is 1.11 bits per heavy atom. The highest BCUT2D eigenvalue weighted by molar-refractivity contribution is 7.15. The number of likely N-dealkylation sites (tertiary alicyclic amines) is 2. The molecule has 2 aliphatic rings. The number of rotatable bonds is 3. The molecule has 0 aliphatic carbocycles. The van der Waals surface area contributed by atoms with Crippen molar-refractivity contribution in [2.75, 3.05) is 31.5 Å². The van der Waals surface area contributed by atoms with Crippen molar-refractivity contribution in [3.8, 4) is 0 Å². The van der Waals surface area contributed by atoms with Gasteiger partial charge in [-0.1, -0.05) is 41.7 Å². The van der Waals surface area contributed by atoms with E-state index in [1.165, 1.54) is 5.56 Å². The number of hydrogen-bond donors (Lipinski definition) is 1. The third kappa shape index (κ3) is 4.06. The lowest BCUT2D eigenvalue weighted by atomic mass is 10.0. The number of amides is 2. The fourth-order valence-corrected chi connectivity index (χ4v) is 4.39. The molecule has 2 fully saturated rings. The molecule has 6 nitrogen and oxygen atoms in total. The monoisotopic (exact) mass is 397 g/mol. The van der Waals surface area contributed by atoms with E-state index in [2.05, 4.69) is 32.5 Å². The van der Waals surface area contributed by atoms with Crippen LogP contribution in [-0.2, 0) is 12.7 Å². The van der Waals surface area contributed by atoms with Gasteiger partial charge < -0.3 is 4.90 Å². The van der Waals surface area contributed by atoms with Crippen molar-refractivity contribution in [1.82, 2.24) is 20.0 Å². The minimum atomic E-state index is -4.55. The molecule has 4 rings (SSSR count). The number of benzene rings is 1. The molecule has 1 aromatic heterocycles. The predicted molar refractivity (Wildman–Crippen MR) is 94.2 cm³/mol. The first-order valence-corrected chi connectivity index (χ1v) is 9.43. The van der Waals surface area contributed by atoms with Crippen LogP contribution < -0.4 is 5.32 Å². The minimum absolute atomic E-state index is 0.130. The van der Waals surface area contributed by atoms with Gasteiger partial charge in [0.15, 0.2) is 0 Å². The first-order valence-electron chi connectivity index (χ1n) is 8.61. The minimum Gasteiger partial charge on any atom is -0.324 e. The highest BCUT2D eigenvalue weighted by Crippen LogP contribution is 2.34. The summed E-state index contributed by atoms with van der Waals surface area (Å²) in [5, 5.41) is 7.73. The van der Waals surface area contributed by atoms with Gasteiger partial charge in [-0.25, -0.2) is 4.79 Å². The van der Waals surface area contributed by atoms with Gasteiger partial charge in [-0.15, -0.1) is 10.2 Å². The number of hydrogen-bond acceptors (Lipinski definition) is 5. The summed E-state index contributed by atoms with van der Waals surface area (Å²) in [7, 11) is 0. The van der Waals surface area contributed by atoms with Crippen molar-refractivity contribution in [3.63, 3.8) is 0 Å². The van der Waals surface area contributed by atoms with E-state index in [1.54, 1.807) is 4.90 Å². The maximum Gasteiger partial charge on any atom is 0.445 e. The van der Waals surface area contributed by atoms with Crippen LogP contribution in [0.4, 0.5) is 23.1 Å². The number of carbonyl (C=O) groups is 1. The quantitative estimate of drug-likeness (QED) is 0.864. The number of nitrogens with zero attached hydrogens (tertiary/aromatic N) is 4. The average molecular weight is 397 g/mol. The molecule has 144 valence electrons. The highest BCUT2D eigenvalue weighted by atomic mass is 32.1. The average Bonchev–Trinajstić information content (AvgIpc) is 3.29. The number of anilines is 1. The standard InChI is InChI=1S/C17H18F3N5OS/c18-17(19,20)14-22-23-15(27-14)21-16(26)25-9-12-7-24(8-13(12)10-25)6-11-4-2-1-3-5-11/h1-5,12-13H,6-10H2,(H,21,23,26)/t12-,13+. The van der Waals surface area contributed by atoms with Crippen LogP contribution in [-0.4, -0.2) is 52.2 Å². The van der Waals surface area contributed by atoms with Crippen molar-refractivity contribution >= 4 is 22.5 Å². The summed E-state index contributed by atoms with van der Waals surface area (Å²) in [6, 6.07) is 9.83. The van der Waals surface area contributed by atoms with Gasteiger partial charge in [0, 0.05) is 32.7 Å². The van der Waals surface area contributed by atoms with E-state index in [-0.39, 0.29) is 5.13 Å². The zero-order valence-corrected chi connectivity index (χ0v) is 15.1. The second-order valence-electron chi connectivity index (χ2n) is 6.95. The summed E-state index contributed by atoms with van der Waals surface area (Å²) in [5.74, 6) is 0.777. The van der Waals surface area contributed by atoms with E-state index >= 15 is 0 Å². The molecule has 2 aliphatic heterocycles. The van der Waals surface area contributed by atoms with Gasteiger partial charge in [0.25, 0.3) is 0 Å². The summed E-state index contributed by atoms with van der Waals surface area (Å²) >= 11 is 0.336. The first kappa shape index (κ1) is 18.2. The molecule has 10 heteroatoms. The fourth-order valence-electron chi connectivity index (χ4n) is 3.79. The van der Waals surface area contributed by atoms with Gasteiger partial charge in [-0.05, 0) is 17.4 Å². The summed E-state index contributed by atoms with van der Waals surface area (Å²) in [6.07, 6.45) is -4.55. The van der Waals surface area contributed by atoms with Gasteiger partial charge in [0.1, 0.15) is 0 Å². The Hall–Kier alpha value is -2.20. The number of nitrogens with one attached hydrogen (secondary N) is 1. The van der Waals surface area contributed by atoms with Crippen LogP contribution in [0.3, 0.4) is 0 Å². The van der Waals surface area contributed by atoms with E-state index in [1.807, 2.05) is 18.2 Å². The fraction of sp³-hybridized carbons (Fsp3) is 0.471. The predicted octanol–water partition coefficient (Wildman–Crippen LogP) is 3.15. The lowest BCUT2D eigenvalue weighted by Gasteiger charge is -2.21. The van der Waals surface area contributed by atoms with Crippen molar-refractivity contribution in [1.29, 1.82) is 0 Å². The molecule has 3 heterocycles. The van der Waals surface area contributed by atoms with E-state index in [9.17, 15) is 18.0 Å². The molecule has 0 radical (unpaired) electrons. The topological polar surface area (TPSA) is 61.4 Å². The molecule has 27 heavy (non-hydrogen) atoms. The third-order valence-corrected chi connectivity index (χ3v) is 5.86. The Bertz CT molecular complexity index is 798. The lowest BCUT2D eigenvalue weighted by molar-refractivity contribution is -0.138. The zero-order valence-electron chi connectivity index (χ0n) is 14.3. The second kappa shape index (κ2) is 7.08. The van der Waals surface area contributed by atoms with Crippen molar-refractivity contribution in [2.24, 2.45) is 11.8 Å². The third-order valence-electron chi connectivity index (χ3n) is 4.98. The molecule has 0 bridgehead atoms. The second-order valence-corrected chi connectivity index (χ2v) is 7.92.